The summed E-state index contributed by atoms with van der Waals surface area (Å²) in [5.41, 5.74) is 0.956. The summed E-state index contributed by atoms with van der Waals surface area (Å²) in [6.45, 7) is 1.33. The molecule has 8 heteroatoms. The van der Waals surface area contributed by atoms with Gasteiger partial charge < -0.3 is 19.5 Å². The minimum atomic E-state index is -0.327. The molecule has 0 radical (unpaired) electrons. The summed E-state index contributed by atoms with van der Waals surface area (Å²) in [4.78, 5) is 23.9. The number of hydrogen-bond donors (Lipinski definition) is 1. The Kier molecular flexibility index (Phi) is 5.30. The second kappa shape index (κ2) is 7.80. The molecule has 3 rings (SSSR count). The number of hydrogen-bond acceptors (Lipinski definition) is 6. The Hall–Kier alpha value is -2.87. The third-order valence-electron chi connectivity index (χ3n) is 3.74. The Morgan fingerprint density at radius 1 is 1.28 bits per heavy atom. The van der Waals surface area contributed by atoms with Crippen LogP contribution < -0.4 is 20.3 Å². The molecule has 1 aliphatic heterocycles. The molecule has 1 aliphatic rings. The molecule has 0 spiro atoms. The summed E-state index contributed by atoms with van der Waals surface area (Å²) >= 11 is 0. The summed E-state index contributed by atoms with van der Waals surface area (Å²) in [7, 11) is 1.54. The molecule has 0 atom stereocenters. The van der Waals surface area contributed by atoms with Crippen LogP contribution in [0.15, 0.2) is 35.1 Å². The van der Waals surface area contributed by atoms with E-state index >= 15 is 0 Å². The molecule has 0 unspecified atom stereocenters. The molecule has 0 fully saturated rings. The van der Waals surface area contributed by atoms with Gasteiger partial charge in [0.2, 0.25) is 6.79 Å². The van der Waals surface area contributed by atoms with Crippen molar-refractivity contribution in [1.29, 1.82) is 0 Å². The molecule has 0 aliphatic carbocycles. The molecular formula is C17H19N3O5. The minimum absolute atomic E-state index is 0.196. The summed E-state index contributed by atoms with van der Waals surface area (Å²) in [6.07, 6.45) is 0.645. The average molecular weight is 345 g/mol. The van der Waals surface area contributed by atoms with Crippen LogP contribution in [-0.4, -0.2) is 42.7 Å². The predicted molar refractivity (Wildman–Crippen MR) is 89.0 cm³/mol. The highest BCUT2D eigenvalue weighted by molar-refractivity contribution is 5.91. The molecule has 0 saturated carbocycles. The number of ether oxygens (including phenoxy) is 3. The average Bonchev–Trinajstić information content (AvgIpc) is 3.08. The number of rotatable bonds is 7. The van der Waals surface area contributed by atoms with E-state index in [-0.39, 0.29) is 24.0 Å². The van der Waals surface area contributed by atoms with E-state index in [1.54, 1.807) is 0 Å². The zero-order chi connectivity index (χ0) is 17.6. The Morgan fingerprint density at radius 2 is 2.12 bits per heavy atom. The third-order valence-corrected chi connectivity index (χ3v) is 3.74. The van der Waals surface area contributed by atoms with E-state index < -0.39 is 0 Å². The fraction of sp³-hybridized carbons (Fsp3) is 0.353. The zero-order valence-electron chi connectivity index (χ0n) is 13.9. The van der Waals surface area contributed by atoms with E-state index in [2.05, 4.69) is 10.4 Å². The first-order valence-corrected chi connectivity index (χ1v) is 7.91. The second-order valence-corrected chi connectivity index (χ2v) is 5.47. The Labute approximate surface area is 144 Å². The molecule has 8 nitrogen and oxygen atoms in total. The highest BCUT2D eigenvalue weighted by atomic mass is 16.7. The lowest BCUT2D eigenvalue weighted by Gasteiger charge is -2.08. The van der Waals surface area contributed by atoms with Gasteiger partial charge >= 0.3 is 0 Å². The highest BCUT2D eigenvalue weighted by Gasteiger charge is 2.13. The van der Waals surface area contributed by atoms with E-state index in [1.807, 2.05) is 18.2 Å². The molecule has 0 saturated heterocycles. The molecule has 1 aromatic heterocycles. The van der Waals surface area contributed by atoms with Gasteiger partial charge in [-0.2, -0.15) is 5.10 Å². The van der Waals surface area contributed by atoms with Gasteiger partial charge in [0.05, 0.1) is 13.2 Å². The molecule has 1 N–H and O–H groups in total. The quantitative estimate of drug-likeness (QED) is 0.790. The first-order chi connectivity index (χ1) is 12.2. The normalized spacial score (nSPS) is 12.2. The Morgan fingerprint density at radius 3 is 2.96 bits per heavy atom. The second-order valence-electron chi connectivity index (χ2n) is 5.47. The van der Waals surface area contributed by atoms with Crippen LogP contribution in [0.1, 0.15) is 16.1 Å². The fourth-order valence-electron chi connectivity index (χ4n) is 2.42. The van der Waals surface area contributed by atoms with Gasteiger partial charge in [0.25, 0.3) is 11.5 Å². The summed E-state index contributed by atoms with van der Waals surface area (Å²) in [5, 5.41) is 6.86. The lowest BCUT2D eigenvalue weighted by atomic mass is 10.1. The van der Waals surface area contributed by atoms with E-state index in [0.29, 0.717) is 26.1 Å². The molecule has 2 heterocycles. The van der Waals surface area contributed by atoms with Crippen molar-refractivity contribution in [1.82, 2.24) is 15.1 Å². The van der Waals surface area contributed by atoms with E-state index in [4.69, 9.17) is 14.2 Å². The molecule has 132 valence electrons. The van der Waals surface area contributed by atoms with E-state index in [1.165, 1.54) is 23.9 Å². The number of nitrogens with zero attached hydrogens (tertiary/aromatic N) is 2. The lowest BCUT2D eigenvalue weighted by Crippen LogP contribution is -2.31. The molecule has 1 aromatic carbocycles. The van der Waals surface area contributed by atoms with Crippen LogP contribution in [-0.2, 0) is 17.7 Å². The molecule has 1 amide bonds. The van der Waals surface area contributed by atoms with Crippen molar-refractivity contribution < 1.29 is 19.0 Å². The Balaban J connectivity index is 1.56. The Bertz CT molecular complexity index is 818. The topological polar surface area (TPSA) is 91.7 Å². The monoisotopic (exact) mass is 345 g/mol. The predicted octanol–water partition coefficient (Wildman–Crippen LogP) is 0.591. The highest BCUT2D eigenvalue weighted by Crippen LogP contribution is 2.32. The van der Waals surface area contributed by atoms with Crippen molar-refractivity contribution in [3.05, 3.63) is 51.9 Å². The van der Waals surface area contributed by atoms with E-state index in [0.717, 1.165) is 17.1 Å². The number of carbonyl (C=O) groups is 1. The summed E-state index contributed by atoms with van der Waals surface area (Å²) < 4.78 is 16.7. The number of fused-ring (bicyclic) bond motifs is 1. The van der Waals surface area contributed by atoms with Gasteiger partial charge in [-0.05, 0) is 30.2 Å². The van der Waals surface area contributed by atoms with Crippen molar-refractivity contribution in [2.24, 2.45) is 0 Å². The van der Waals surface area contributed by atoms with Gasteiger partial charge in [0.1, 0.15) is 5.69 Å². The number of methoxy groups -OCH3 is 1. The fourth-order valence-corrected chi connectivity index (χ4v) is 2.42. The minimum Gasteiger partial charge on any atom is -0.454 e. The smallest absolute Gasteiger partial charge is 0.271 e. The third kappa shape index (κ3) is 4.16. The number of carbonyl (C=O) groups excluding carboxylic acids is 1. The summed E-state index contributed by atoms with van der Waals surface area (Å²) in [5.74, 6) is 1.12. The van der Waals surface area contributed by atoms with Crippen LogP contribution in [0.4, 0.5) is 0 Å². The molecule has 25 heavy (non-hydrogen) atoms. The molecular weight excluding hydrogens is 326 g/mol. The standard InChI is InChI=1S/C17H19N3O5/c1-23-9-8-20-16(21)5-3-13(19-20)17(22)18-7-6-12-2-4-14-15(10-12)25-11-24-14/h2-5,10H,6-9,11H2,1H3,(H,18,22). The van der Waals surface area contributed by atoms with Crippen LogP contribution in [0.5, 0.6) is 11.5 Å². The van der Waals surface area contributed by atoms with Crippen LogP contribution in [0, 0.1) is 0 Å². The van der Waals surface area contributed by atoms with Crippen molar-refractivity contribution >= 4 is 5.91 Å². The molecule has 2 aromatic rings. The maximum absolute atomic E-state index is 12.2. The lowest BCUT2D eigenvalue weighted by molar-refractivity contribution is 0.0945. The first-order valence-electron chi connectivity index (χ1n) is 7.91. The van der Waals surface area contributed by atoms with Crippen molar-refractivity contribution in [3.63, 3.8) is 0 Å². The van der Waals surface area contributed by atoms with Gasteiger partial charge in [-0.15, -0.1) is 0 Å². The van der Waals surface area contributed by atoms with Crippen molar-refractivity contribution in [3.8, 4) is 11.5 Å². The number of nitrogens with one attached hydrogen (secondary N) is 1. The zero-order valence-corrected chi connectivity index (χ0v) is 13.9. The SMILES string of the molecule is COCCn1nc(C(=O)NCCc2ccc3c(c2)OCO3)ccc1=O. The largest absolute Gasteiger partial charge is 0.454 e. The van der Waals surface area contributed by atoms with E-state index in [9.17, 15) is 9.59 Å². The number of benzene rings is 1. The molecule has 0 bridgehead atoms. The number of aromatic nitrogens is 2. The van der Waals surface area contributed by atoms with Crippen molar-refractivity contribution in [2.75, 3.05) is 27.1 Å². The number of amides is 1. The van der Waals surface area contributed by atoms with Gasteiger partial charge in [-0.25, -0.2) is 4.68 Å². The van der Waals surface area contributed by atoms with Gasteiger partial charge in [0.15, 0.2) is 11.5 Å². The van der Waals surface area contributed by atoms with Crippen LogP contribution >= 0.6 is 0 Å². The first kappa shape index (κ1) is 17.0. The van der Waals surface area contributed by atoms with Gasteiger partial charge in [-0.1, -0.05) is 6.07 Å². The van der Waals surface area contributed by atoms with Gasteiger partial charge in [0, 0.05) is 19.7 Å². The van der Waals surface area contributed by atoms with Gasteiger partial charge in [-0.3, -0.25) is 9.59 Å². The van der Waals surface area contributed by atoms with Crippen LogP contribution in [0.25, 0.3) is 0 Å². The van der Waals surface area contributed by atoms with Crippen LogP contribution in [0.3, 0.4) is 0 Å². The van der Waals surface area contributed by atoms with Crippen LogP contribution in [0.2, 0.25) is 0 Å². The maximum Gasteiger partial charge on any atom is 0.271 e. The maximum atomic E-state index is 12.2. The summed E-state index contributed by atoms with van der Waals surface area (Å²) in [6, 6.07) is 8.43. The van der Waals surface area contributed by atoms with Crippen molar-refractivity contribution in [2.45, 2.75) is 13.0 Å².